The van der Waals surface area contributed by atoms with Crippen molar-refractivity contribution in [2.75, 3.05) is 25.0 Å². The van der Waals surface area contributed by atoms with E-state index in [1.165, 1.54) is 24.2 Å². The first-order valence-electron chi connectivity index (χ1n) is 5.40. The fourth-order valence-corrected chi connectivity index (χ4v) is 2.93. The Morgan fingerprint density at radius 2 is 2.21 bits per heavy atom. The molecule has 2 heterocycles. The number of benzene rings is 1. The molecular formula is C12H16N2. The molecule has 14 heavy (non-hydrogen) atoms. The molecule has 1 N–H and O–H groups in total. The van der Waals surface area contributed by atoms with Crippen LogP contribution >= 0.6 is 0 Å². The van der Waals surface area contributed by atoms with Gasteiger partial charge in [0.05, 0.1) is 0 Å². The molecule has 0 amide bonds. The summed E-state index contributed by atoms with van der Waals surface area (Å²) in [5.74, 6) is 0.713. The number of rotatable bonds is 0. The molecule has 0 aliphatic carbocycles. The fraction of sp³-hybridized carbons (Fsp3) is 0.500. The Kier molecular flexibility index (Phi) is 1.77. The minimum atomic E-state index is 0.713. The maximum absolute atomic E-state index is 3.49. The summed E-state index contributed by atoms with van der Waals surface area (Å²) in [4.78, 5) is 2.46. The van der Waals surface area contributed by atoms with Crippen molar-refractivity contribution >= 4 is 5.69 Å². The summed E-state index contributed by atoms with van der Waals surface area (Å²) in [7, 11) is 2.23. The molecule has 1 aromatic carbocycles. The minimum Gasteiger partial charge on any atom is -0.371 e. The van der Waals surface area contributed by atoms with E-state index in [4.69, 9.17) is 0 Å². The highest BCUT2D eigenvalue weighted by atomic mass is 15.2. The van der Waals surface area contributed by atoms with E-state index in [1.807, 2.05) is 0 Å². The molecule has 74 valence electrons. The van der Waals surface area contributed by atoms with Crippen LogP contribution in [0.15, 0.2) is 24.3 Å². The van der Waals surface area contributed by atoms with Crippen LogP contribution in [0, 0.1) is 0 Å². The molecule has 0 spiro atoms. The van der Waals surface area contributed by atoms with Gasteiger partial charge in [0.2, 0.25) is 0 Å². The van der Waals surface area contributed by atoms with Gasteiger partial charge in [0, 0.05) is 31.2 Å². The molecule has 1 aromatic rings. The third kappa shape index (κ3) is 1.01. The van der Waals surface area contributed by atoms with Gasteiger partial charge in [0.25, 0.3) is 0 Å². The summed E-state index contributed by atoms with van der Waals surface area (Å²) < 4.78 is 0. The molecule has 2 aliphatic rings. The van der Waals surface area contributed by atoms with E-state index in [0.29, 0.717) is 5.92 Å². The van der Waals surface area contributed by atoms with Gasteiger partial charge in [-0.1, -0.05) is 18.2 Å². The van der Waals surface area contributed by atoms with E-state index in [1.54, 1.807) is 0 Å². The van der Waals surface area contributed by atoms with Crippen LogP contribution in [0.1, 0.15) is 17.9 Å². The van der Waals surface area contributed by atoms with Crippen molar-refractivity contribution in [1.82, 2.24) is 5.32 Å². The standard InChI is InChI=1S/C12H16N2/c1-14-11-5-3-2-4-9(11)10-8-13-7-6-12(10)14/h2-5,10,12-13H,6-8H2,1H3/t10-,12+/m0/s1. The smallest absolute Gasteiger partial charge is 0.0403 e. The highest BCUT2D eigenvalue weighted by Gasteiger charge is 2.37. The second-order valence-corrected chi connectivity index (χ2v) is 4.34. The number of likely N-dealkylation sites (N-methyl/N-ethyl adjacent to an activating group) is 1. The summed E-state index contributed by atoms with van der Waals surface area (Å²) >= 11 is 0. The molecule has 1 fully saturated rings. The minimum absolute atomic E-state index is 0.713. The summed E-state index contributed by atoms with van der Waals surface area (Å²) in [6.45, 7) is 2.31. The molecular weight excluding hydrogens is 172 g/mol. The van der Waals surface area contributed by atoms with Crippen LogP contribution in [0.3, 0.4) is 0 Å². The average Bonchev–Trinajstić information content (AvgIpc) is 2.55. The Morgan fingerprint density at radius 1 is 1.36 bits per heavy atom. The summed E-state index contributed by atoms with van der Waals surface area (Å²) in [5.41, 5.74) is 2.97. The average molecular weight is 188 g/mol. The first-order chi connectivity index (χ1) is 6.88. The van der Waals surface area contributed by atoms with Crippen molar-refractivity contribution in [2.24, 2.45) is 0 Å². The topological polar surface area (TPSA) is 15.3 Å². The predicted molar refractivity (Wildman–Crippen MR) is 58.9 cm³/mol. The number of nitrogens with zero attached hydrogens (tertiary/aromatic N) is 1. The van der Waals surface area contributed by atoms with Crippen molar-refractivity contribution in [3.05, 3.63) is 29.8 Å². The number of fused-ring (bicyclic) bond motifs is 3. The number of para-hydroxylation sites is 1. The Morgan fingerprint density at radius 3 is 3.14 bits per heavy atom. The zero-order chi connectivity index (χ0) is 9.54. The van der Waals surface area contributed by atoms with E-state index < -0.39 is 0 Å². The maximum Gasteiger partial charge on any atom is 0.0403 e. The Bertz CT molecular complexity index is 348. The van der Waals surface area contributed by atoms with Crippen LogP contribution < -0.4 is 10.2 Å². The number of nitrogens with one attached hydrogen (secondary N) is 1. The van der Waals surface area contributed by atoms with Crippen molar-refractivity contribution in [3.8, 4) is 0 Å². The van der Waals surface area contributed by atoms with Crippen LogP contribution in [-0.4, -0.2) is 26.2 Å². The number of piperidine rings is 1. The molecule has 0 aromatic heterocycles. The van der Waals surface area contributed by atoms with Gasteiger partial charge in [-0.2, -0.15) is 0 Å². The second-order valence-electron chi connectivity index (χ2n) is 4.34. The lowest BCUT2D eigenvalue weighted by Crippen LogP contribution is -2.42. The van der Waals surface area contributed by atoms with Crippen molar-refractivity contribution in [2.45, 2.75) is 18.4 Å². The number of hydrogen-bond acceptors (Lipinski definition) is 2. The van der Waals surface area contributed by atoms with Gasteiger partial charge < -0.3 is 10.2 Å². The lowest BCUT2D eigenvalue weighted by molar-refractivity contribution is 0.413. The third-order valence-electron chi connectivity index (χ3n) is 3.66. The molecule has 0 bridgehead atoms. The SMILES string of the molecule is CN1c2ccccc2[C@@H]2CNCC[C@H]21. The van der Waals surface area contributed by atoms with Crippen LogP contribution in [-0.2, 0) is 0 Å². The van der Waals surface area contributed by atoms with Crippen LogP contribution in [0.4, 0.5) is 5.69 Å². The highest BCUT2D eigenvalue weighted by molar-refractivity contribution is 5.61. The maximum atomic E-state index is 3.49. The van der Waals surface area contributed by atoms with E-state index in [9.17, 15) is 0 Å². The molecule has 3 rings (SSSR count). The number of hydrogen-bond donors (Lipinski definition) is 1. The quantitative estimate of drug-likeness (QED) is 0.665. The van der Waals surface area contributed by atoms with Crippen molar-refractivity contribution < 1.29 is 0 Å². The predicted octanol–water partition coefficient (Wildman–Crippen LogP) is 1.58. The van der Waals surface area contributed by atoms with Gasteiger partial charge >= 0.3 is 0 Å². The van der Waals surface area contributed by atoms with Gasteiger partial charge in [-0.25, -0.2) is 0 Å². The summed E-state index contributed by atoms with van der Waals surface area (Å²) in [6.07, 6.45) is 1.27. The molecule has 2 atom stereocenters. The molecule has 1 saturated heterocycles. The Balaban J connectivity index is 2.06. The molecule has 0 saturated carbocycles. The van der Waals surface area contributed by atoms with Crippen LogP contribution in [0.25, 0.3) is 0 Å². The van der Waals surface area contributed by atoms with E-state index >= 15 is 0 Å². The van der Waals surface area contributed by atoms with Gasteiger partial charge in [0.1, 0.15) is 0 Å². The normalized spacial score (nSPS) is 29.9. The summed E-state index contributed by atoms with van der Waals surface area (Å²) in [6, 6.07) is 9.55. The number of anilines is 1. The van der Waals surface area contributed by atoms with E-state index in [2.05, 4.69) is 41.5 Å². The summed E-state index contributed by atoms with van der Waals surface area (Å²) in [5, 5.41) is 3.49. The van der Waals surface area contributed by atoms with Crippen LogP contribution in [0.5, 0.6) is 0 Å². The van der Waals surface area contributed by atoms with E-state index in [-0.39, 0.29) is 0 Å². The van der Waals surface area contributed by atoms with Gasteiger partial charge in [-0.05, 0) is 24.6 Å². The van der Waals surface area contributed by atoms with Crippen LogP contribution in [0.2, 0.25) is 0 Å². The zero-order valence-electron chi connectivity index (χ0n) is 8.53. The largest absolute Gasteiger partial charge is 0.371 e. The molecule has 2 nitrogen and oxygen atoms in total. The fourth-order valence-electron chi connectivity index (χ4n) is 2.93. The van der Waals surface area contributed by atoms with Crippen molar-refractivity contribution in [1.29, 1.82) is 0 Å². The molecule has 0 unspecified atom stereocenters. The lowest BCUT2D eigenvalue weighted by Gasteiger charge is -2.31. The van der Waals surface area contributed by atoms with Gasteiger partial charge in [-0.15, -0.1) is 0 Å². The Hall–Kier alpha value is -1.02. The monoisotopic (exact) mass is 188 g/mol. The zero-order valence-corrected chi connectivity index (χ0v) is 8.53. The molecule has 2 aliphatic heterocycles. The lowest BCUT2D eigenvalue weighted by atomic mass is 9.90. The third-order valence-corrected chi connectivity index (χ3v) is 3.66. The Labute approximate surface area is 84.9 Å². The van der Waals surface area contributed by atoms with Crippen molar-refractivity contribution in [3.63, 3.8) is 0 Å². The first kappa shape index (κ1) is 8.30. The molecule has 2 heteroatoms. The van der Waals surface area contributed by atoms with Gasteiger partial charge in [0.15, 0.2) is 0 Å². The first-order valence-corrected chi connectivity index (χ1v) is 5.40. The molecule has 0 radical (unpaired) electrons. The second kappa shape index (κ2) is 2.99. The van der Waals surface area contributed by atoms with Gasteiger partial charge in [-0.3, -0.25) is 0 Å². The van der Waals surface area contributed by atoms with E-state index in [0.717, 1.165) is 12.6 Å². The highest BCUT2D eigenvalue weighted by Crippen LogP contribution is 2.41.